The summed E-state index contributed by atoms with van der Waals surface area (Å²) in [5.41, 5.74) is 0. The van der Waals surface area contributed by atoms with Crippen LogP contribution < -0.4 is 0 Å². The standard InChI is InChI=1S/C6H8F2N2O3/c7-6(8)2-1-4(5(11)12)10(3-6)9-13/h4H,1-3H2,(H,11,12). The molecule has 1 saturated heterocycles. The van der Waals surface area contributed by atoms with Gasteiger partial charge in [-0.1, -0.05) is 0 Å². The van der Waals surface area contributed by atoms with Crippen LogP contribution in [0, 0.1) is 4.91 Å². The second-order valence-electron chi connectivity index (χ2n) is 2.93. The average molecular weight is 194 g/mol. The van der Waals surface area contributed by atoms with Gasteiger partial charge in [0.2, 0.25) is 0 Å². The maximum absolute atomic E-state index is 12.6. The Morgan fingerprint density at radius 1 is 1.62 bits per heavy atom. The molecule has 0 amide bonds. The number of carboxylic acids is 1. The number of halogens is 2. The summed E-state index contributed by atoms with van der Waals surface area (Å²) < 4.78 is 25.3. The summed E-state index contributed by atoms with van der Waals surface area (Å²) in [6, 6.07) is -1.21. The second kappa shape index (κ2) is 3.23. The van der Waals surface area contributed by atoms with Crippen molar-refractivity contribution in [3.8, 4) is 0 Å². The van der Waals surface area contributed by atoms with Crippen molar-refractivity contribution >= 4 is 5.97 Å². The van der Waals surface area contributed by atoms with Crippen molar-refractivity contribution in [1.29, 1.82) is 0 Å². The number of alkyl halides is 2. The molecular formula is C6H8F2N2O3. The van der Waals surface area contributed by atoms with E-state index in [1.807, 2.05) is 0 Å². The van der Waals surface area contributed by atoms with E-state index >= 15 is 0 Å². The summed E-state index contributed by atoms with van der Waals surface area (Å²) in [7, 11) is 0. The highest BCUT2D eigenvalue weighted by Crippen LogP contribution is 2.30. The largest absolute Gasteiger partial charge is 0.480 e. The first-order valence-electron chi connectivity index (χ1n) is 3.67. The number of carboxylic acid groups (broad SMARTS) is 1. The molecule has 0 aromatic carbocycles. The van der Waals surface area contributed by atoms with Gasteiger partial charge in [0.1, 0.15) is 12.6 Å². The monoisotopic (exact) mass is 194 g/mol. The van der Waals surface area contributed by atoms with Gasteiger partial charge in [-0.15, -0.1) is 4.91 Å². The van der Waals surface area contributed by atoms with E-state index < -0.39 is 30.9 Å². The van der Waals surface area contributed by atoms with Crippen molar-refractivity contribution in [3.05, 3.63) is 4.91 Å². The van der Waals surface area contributed by atoms with E-state index in [-0.39, 0.29) is 6.42 Å². The third kappa shape index (κ3) is 2.10. The molecule has 0 aromatic heterocycles. The van der Waals surface area contributed by atoms with Crippen LogP contribution in [0.5, 0.6) is 0 Å². The third-order valence-electron chi connectivity index (χ3n) is 1.93. The Morgan fingerprint density at radius 2 is 2.23 bits per heavy atom. The summed E-state index contributed by atoms with van der Waals surface area (Å²) in [5.74, 6) is -4.31. The van der Waals surface area contributed by atoms with Crippen molar-refractivity contribution in [2.75, 3.05) is 6.54 Å². The number of carbonyl (C=O) groups is 1. The molecule has 0 bridgehead atoms. The highest BCUT2D eigenvalue weighted by atomic mass is 19.3. The summed E-state index contributed by atoms with van der Waals surface area (Å²) in [5, 5.41) is 11.2. The first-order valence-corrected chi connectivity index (χ1v) is 3.67. The van der Waals surface area contributed by atoms with Crippen LogP contribution in [0.4, 0.5) is 8.78 Å². The molecule has 0 radical (unpaired) electrons. The first-order chi connectivity index (χ1) is 5.96. The van der Waals surface area contributed by atoms with E-state index in [1.54, 1.807) is 0 Å². The summed E-state index contributed by atoms with van der Waals surface area (Å²) >= 11 is 0. The average Bonchev–Trinajstić information content (AvgIpc) is 2.01. The lowest BCUT2D eigenvalue weighted by atomic mass is 10.0. The van der Waals surface area contributed by atoms with E-state index in [2.05, 4.69) is 5.29 Å². The van der Waals surface area contributed by atoms with Crippen LogP contribution in [0.15, 0.2) is 5.29 Å². The molecule has 1 heterocycles. The minimum Gasteiger partial charge on any atom is -0.480 e. The molecule has 1 rings (SSSR count). The SMILES string of the molecule is O=NN1CC(F)(F)CCC1C(=O)O. The van der Waals surface area contributed by atoms with Crippen LogP contribution in [0.3, 0.4) is 0 Å². The van der Waals surface area contributed by atoms with Crippen molar-refractivity contribution in [2.45, 2.75) is 24.8 Å². The Balaban J connectivity index is 2.71. The van der Waals surface area contributed by atoms with Gasteiger partial charge < -0.3 is 5.11 Å². The molecule has 7 heteroatoms. The van der Waals surface area contributed by atoms with Crippen LogP contribution >= 0.6 is 0 Å². The molecule has 1 atom stereocenters. The molecule has 13 heavy (non-hydrogen) atoms. The van der Waals surface area contributed by atoms with Crippen molar-refractivity contribution in [1.82, 2.24) is 5.01 Å². The molecule has 1 unspecified atom stereocenters. The van der Waals surface area contributed by atoms with Gasteiger partial charge in [0, 0.05) is 6.42 Å². The number of nitroso groups, excluding NO2 is 1. The molecule has 1 aliphatic heterocycles. The fraction of sp³-hybridized carbons (Fsp3) is 0.833. The molecule has 1 aliphatic rings. The predicted molar refractivity (Wildman–Crippen MR) is 38.1 cm³/mol. The van der Waals surface area contributed by atoms with Gasteiger partial charge in [-0.25, -0.2) is 18.6 Å². The highest BCUT2D eigenvalue weighted by molar-refractivity contribution is 5.73. The predicted octanol–water partition coefficient (Wildman–Crippen LogP) is 0.852. The molecule has 0 saturated carbocycles. The fourth-order valence-electron chi connectivity index (χ4n) is 1.26. The van der Waals surface area contributed by atoms with Crippen molar-refractivity contribution in [3.63, 3.8) is 0 Å². The van der Waals surface area contributed by atoms with Crippen LogP contribution in [0.1, 0.15) is 12.8 Å². The number of hydrogen-bond donors (Lipinski definition) is 1. The first kappa shape index (κ1) is 9.82. The van der Waals surface area contributed by atoms with Crippen LogP contribution in [0.25, 0.3) is 0 Å². The Bertz CT molecular complexity index is 234. The smallest absolute Gasteiger partial charge is 0.328 e. The fourth-order valence-corrected chi connectivity index (χ4v) is 1.26. The summed E-state index contributed by atoms with van der Waals surface area (Å²) in [4.78, 5) is 20.5. The Morgan fingerprint density at radius 3 is 2.69 bits per heavy atom. The maximum atomic E-state index is 12.6. The van der Waals surface area contributed by atoms with E-state index in [1.165, 1.54) is 0 Å². The molecule has 1 fully saturated rings. The van der Waals surface area contributed by atoms with E-state index in [0.717, 1.165) is 0 Å². The number of hydrogen-bond acceptors (Lipinski definition) is 3. The van der Waals surface area contributed by atoms with Crippen molar-refractivity contribution in [2.24, 2.45) is 5.29 Å². The molecule has 0 aliphatic carbocycles. The van der Waals surface area contributed by atoms with Gasteiger partial charge in [0.25, 0.3) is 5.92 Å². The Labute approximate surface area is 72.3 Å². The van der Waals surface area contributed by atoms with Gasteiger partial charge in [-0.3, -0.25) is 0 Å². The maximum Gasteiger partial charge on any atom is 0.328 e. The quantitative estimate of drug-likeness (QED) is 0.661. The van der Waals surface area contributed by atoms with Crippen molar-refractivity contribution < 1.29 is 18.7 Å². The second-order valence-corrected chi connectivity index (χ2v) is 2.93. The van der Waals surface area contributed by atoms with Gasteiger partial charge in [0.15, 0.2) is 0 Å². The minimum absolute atomic E-state index is 0.256. The number of rotatable bonds is 2. The summed E-state index contributed by atoms with van der Waals surface area (Å²) in [6.07, 6.45) is -0.774. The highest BCUT2D eigenvalue weighted by Gasteiger charge is 2.43. The summed E-state index contributed by atoms with van der Waals surface area (Å²) in [6.45, 7) is -0.909. The number of nitrogens with zero attached hydrogens (tertiary/aromatic N) is 2. The van der Waals surface area contributed by atoms with Crippen LogP contribution in [-0.2, 0) is 4.79 Å². The molecule has 0 spiro atoms. The van der Waals surface area contributed by atoms with Crippen LogP contribution in [-0.4, -0.2) is 34.6 Å². The van der Waals surface area contributed by atoms with Gasteiger partial charge in [0.05, 0.1) is 5.29 Å². The molecule has 0 aromatic rings. The van der Waals surface area contributed by atoms with Crippen LogP contribution in [0.2, 0.25) is 0 Å². The molecule has 5 nitrogen and oxygen atoms in total. The lowest BCUT2D eigenvalue weighted by Crippen LogP contribution is -2.49. The lowest BCUT2D eigenvalue weighted by molar-refractivity contribution is -0.151. The molecule has 74 valence electrons. The van der Waals surface area contributed by atoms with Gasteiger partial charge in [-0.2, -0.15) is 0 Å². The lowest BCUT2D eigenvalue weighted by Gasteiger charge is -2.32. The van der Waals surface area contributed by atoms with Gasteiger partial charge in [-0.05, 0) is 6.42 Å². The topological polar surface area (TPSA) is 70.0 Å². The van der Waals surface area contributed by atoms with E-state index in [4.69, 9.17) is 5.11 Å². The van der Waals surface area contributed by atoms with E-state index in [0.29, 0.717) is 5.01 Å². The zero-order valence-electron chi connectivity index (χ0n) is 6.61. The zero-order chi connectivity index (χ0) is 10.1. The zero-order valence-corrected chi connectivity index (χ0v) is 6.61. The normalized spacial score (nSPS) is 26.9. The number of aliphatic carboxylic acids is 1. The molecular weight excluding hydrogens is 186 g/mol. The molecule has 1 N–H and O–H groups in total. The van der Waals surface area contributed by atoms with Gasteiger partial charge >= 0.3 is 5.97 Å². The Hall–Kier alpha value is -1.27. The Kier molecular flexibility index (Phi) is 2.44. The van der Waals surface area contributed by atoms with E-state index in [9.17, 15) is 18.5 Å². The third-order valence-corrected chi connectivity index (χ3v) is 1.93. The number of piperidine rings is 1. The minimum atomic E-state index is -3.01.